The van der Waals surface area contributed by atoms with Crippen molar-refractivity contribution in [2.75, 3.05) is 0 Å². The maximum Gasteiger partial charge on any atom is 0.0893 e. The number of pyridine rings is 1. The molecule has 6 heteroatoms. The zero-order chi connectivity index (χ0) is 12.3. The molecule has 90 valence electrons. The lowest BCUT2D eigenvalue weighted by Gasteiger charge is -2.18. The zero-order valence-electron chi connectivity index (χ0n) is 9.47. The van der Waals surface area contributed by atoms with Gasteiger partial charge in [0.15, 0.2) is 0 Å². The molecule has 0 radical (unpaired) electrons. The van der Waals surface area contributed by atoms with Gasteiger partial charge in [0.2, 0.25) is 0 Å². The van der Waals surface area contributed by atoms with Crippen molar-refractivity contribution in [1.29, 1.82) is 0 Å². The number of aromatic nitrogens is 3. The van der Waals surface area contributed by atoms with Crippen molar-refractivity contribution >= 4 is 11.6 Å². The minimum absolute atomic E-state index is 0.187. The van der Waals surface area contributed by atoms with Crippen LogP contribution >= 0.6 is 11.6 Å². The highest BCUT2D eigenvalue weighted by Crippen LogP contribution is 2.26. The fourth-order valence-corrected chi connectivity index (χ4v) is 2.04. The Bertz CT molecular complexity index is 496. The van der Waals surface area contributed by atoms with E-state index in [-0.39, 0.29) is 6.04 Å². The molecule has 0 aliphatic carbocycles. The fraction of sp³-hybridized carbons (Fsp3) is 0.273. The minimum atomic E-state index is -0.187. The molecule has 1 atom stereocenters. The van der Waals surface area contributed by atoms with E-state index in [0.717, 1.165) is 17.8 Å². The summed E-state index contributed by atoms with van der Waals surface area (Å²) in [5.74, 6) is 5.62. The van der Waals surface area contributed by atoms with Gasteiger partial charge in [-0.15, -0.1) is 0 Å². The number of nitrogens with one attached hydrogen (secondary N) is 1. The smallest absolute Gasteiger partial charge is 0.0893 e. The minimum Gasteiger partial charge on any atom is -0.271 e. The predicted octanol–water partition coefficient (Wildman–Crippen LogP) is 1.50. The second-order valence-electron chi connectivity index (χ2n) is 3.57. The van der Waals surface area contributed by atoms with E-state index in [1.54, 1.807) is 18.6 Å². The average Bonchev–Trinajstić information content (AvgIpc) is 2.81. The normalized spacial score (nSPS) is 12.6. The highest BCUT2D eigenvalue weighted by Gasteiger charge is 2.18. The Balaban J connectivity index is 2.44. The van der Waals surface area contributed by atoms with E-state index in [9.17, 15) is 0 Å². The van der Waals surface area contributed by atoms with Crippen LogP contribution in [0.5, 0.6) is 0 Å². The molecule has 0 amide bonds. The molecular weight excluding hydrogens is 238 g/mol. The third kappa shape index (κ3) is 2.31. The maximum atomic E-state index is 6.12. The molecule has 0 saturated heterocycles. The first-order valence-corrected chi connectivity index (χ1v) is 5.73. The number of hydrogen-bond donors (Lipinski definition) is 2. The average molecular weight is 252 g/mol. The lowest BCUT2D eigenvalue weighted by atomic mass is 10.1. The van der Waals surface area contributed by atoms with Crippen LogP contribution in [0.3, 0.4) is 0 Å². The highest BCUT2D eigenvalue weighted by molar-refractivity contribution is 6.31. The number of nitrogens with two attached hydrogens (primary N) is 1. The van der Waals surface area contributed by atoms with Crippen LogP contribution in [0.2, 0.25) is 5.02 Å². The second kappa shape index (κ2) is 5.27. The van der Waals surface area contributed by atoms with Gasteiger partial charge in [-0.2, -0.15) is 5.10 Å². The number of rotatable bonds is 4. The lowest BCUT2D eigenvalue weighted by molar-refractivity contribution is 0.543. The predicted molar refractivity (Wildman–Crippen MR) is 66.3 cm³/mol. The molecule has 0 aromatic carbocycles. The van der Waals surface area contributed by atoms with E-state index in [1.807, 2.05) is 23.7 Å². The zero-order valence-corrected chi connectivity index (χ0v) is 10.2. The molecule has 0 fully saturated rings. The van der Waals surface area contributed by atoms with Gasteiger partial charge >= 0.3 is 0 Å². The van der Waals surface area contributed by atoms with Crippen LogP contribution < -0.4 is 11.3 Å². The molecule has 2 heterocycles. The third-order valence-corrected chi connectivity index (χ3v) is 2.94. The van der Waals surface area contributed by atoms with Crippen molar-refractivity contribution in [3.63, 3.8) is 0 Å². The molecule has 17 heavy (non-hydrogen) atoms. The molecule has 5 nitrogen and oxygen atoms in total. The number of hydrazine groups is 1. The van der Waals surface area contributed by atoms with Gasteiger partial charge in [-0.25, -0.2) is 5.43 Å². The largest absolute Gasteiger partial charge is 0.271 e. The van der Waals surface area contributed by atoms with E-state index in [1.165, 1.54) is 0 Å². The summed E-state index contributed by atoms with van der Waals surface area (Å²) in [5.41, 5.74) is 4.63. The highest BCUT2D eigenvalue weighted by atomic mass is 35.5. The van der Waals surface area contributed by atoms with E-state index in [4.69, 9.17) is 17.4 Å². The third-order valence-electron chi connectivity index (χ3n) is 2.63. The van der Waals surface area contributed by atoms with Crippen LogP contribution in [0.4, 0.5) is 0 Å². The van der Waals surface area contributed by atoms with Crippen LogP contribution in [-0.4, -0.2) is 14.8 Å². The van der Waals surface area contributed by atoms with E-state index >= 15 is 0 Å². The number of nitrogens with zero attached hydrogens (tertiary/aromatic N) is 3. The number of aryl methyl sites for hydroxylation is 1. The summed E-state index contributed by atoms with van der Waals surface area (Å²) in [4.78, 5) is 3.96. The fourth-order valence-electron chi connectivity index (χ4n) is 1.81. The topological polar surface area (TPSA) is 68.8 Å². The SMILES string of the molecule is CCn1nccc1C(NN)c1ccncc1Cl. The Labute approximate surface area is 105 Å². The molecule has 2 aromatic heterocycles. The Morgan fingerprint density at radius 2 is 2.29 bits per heavy atom. The lowest BCUT2D eigenvalue weighted by Crippen LogP contribution is -2.31. The van der Waals surface area contributed by atoms with Crippen molar-refractivity contribution in [3.8, 4) is 0 Å². The van der Waals surface area contributed by atoms with Crippen molar-refractivity contribution in [2.45, 2.75) is 19.5 Å². The van der Waals surface area contributed by atoms with Crippen LogP contribution in [0.25, 0.3) is 0 Å². The van der Waals surface area contributed by atoms with E-state index in [2.05, 4.69) is 15.5 Å². The summed E-state index contributed by atoms with van der Waals surface area (Å²) in [6.07, 6.45) is 5.05. The first kappa shape index (κ1) is 12.0. The van der Waals surface area contributed by atoms with Gasteiger partial charge in [-0.05, 0) is 24.6 Å². The van der Waals surface area contributed by atoms with Crippen molar-refractivity contribution in [3.05, 3.63) is 47.0 Å². The Kier molecular flexibility index (Phi) is 3.73. The Morgan fingerprint density at radius 1 is 1.47 bits per heavy atom. The molecule has 2 rings (SSSR count). The van der Waals surface area contributed by atoms with Gasteiger partial charge in [0.05, 0.1) is 16.8 Å². The van der Waals surface area contributed by atoms with Crippen molar-refractivity contribution < 1.29 is 0 Å². The molecule has 0 aliphatic rings. The molecule has 0 saturated carbocycles. The van der Waals surface area contributed by atoms with E-state index < -0.39 is 0 Å². The standard InChI is InChI=1S/C11H14ClN5/c1-2-17-10(4-6-15-17)11(16-13)8-3-5-14-7-9(8)12/h3-7,11,16H,2,13H2,1H3. The molecule has 1 unspecified atom stereocenters. The van der Waals surface area contributed by atoms with Crippen molar-refractivity contribution in [1.82, 2.24) is 20.2 Å². The van der Waals surface area contributed by atoms with Gasteiger partial charge in [0.25, 0.3) is 0 Å². The summed E-state index contributed by atoms with van der Waals surface area (Å²) < 4.78 is 1.88. The first-order valence-electron chi connectivity index (χ1n) is 5.35. The van der Waals surface area contributed by atoms with Gasteiger partial charge in [-0.1, -0.05) is 11.6 Å². The monoisotopic (exact) mass is 251 g/mol. The van der Waals surface area contributed by atoms with Crippen molar-refractivity contribution in [2.24, 2.45) is 5.84 Å². The van der Waals surface area contributed by atoms with Crippen LogP contribution in [0.15, 0.2) is 30.7 Å². The maximum absolute atomic E-state index is 6.12. The second-order valence-corrected chi connectivity index (χ2v) is 3.98. The molecule has 0 bridgehead atoms. The summed E-state index contributed by atoms with van der Waals surface area (Å²) >= 11 is 6.12. The quantitative estimate of drug-likeness (QED) is 0.638. The molecule has 0 spiro atoms. The summed E-state index contributed by atoms with van der Waals surface area (Å²) in [6.45, 7) is 2.81. The number of hydrogen-bond acceptors (Lipinski definition) is 4. The summed E-state index contributed by atoms with van der Waals surface area (Å²) in [5, 5.41) is 4.80. The first-order chi connectivity index (χ1) is 8.27. The molecule has 2 aromatic rings. The van der Waals surface area contributed by atoms with Crippen LogP contribution in [0, 0.1) is 0 Å². The number of halogens is 1. The summed E-state index contributed by atoms with van der Waals surface area (Å²) in [7, 11) is 0. The summed E-state index contributed by atoms with van der Waals surface area (Å²) in [6, 6.07) is 3.58. The molecule has 3 N–H and O–H groups in total. The van der Waals surface area contributed by atoms with Crippen LogP contribution in [-0.2, 0) is 6.54 Å². The van der Waals surface area contributed by atoms with E-state index in [0.29, 0.717) is 5.02 Å². The van der Waals surface area contributed by atoms with Crippen LogP contribution in [0.1, 0.15) is 24.2 Å². The molecular formula is C11H14ClN5. The Hall–Kier alpha value is -1.43. The molecule has 0 aliphatic heterocycles. The van der Waals surface area contributed by atoms with Gasteiger partial charge in [-0.3, -0.25) is 15.5 Å². The Morgan fingerprint density at radius 3 is 2.94 bits per heavy atom. The van der Waals surface area contributed by atoms with Gasteiger partial charge in [0, 0.05) is 25.1 Å². The van der Waals surface area contributed by atoms with Gasteiger partial charge in [0.1, 0.15) is 0 Å². The van der Waals surface area contributed by atoms with Gasteiger partial charge < -0.3 is 0 Å².